The highest BCUT2D eigenvalue weighted by Gasteiger charge is 2.35. The number of halogens is 1. The molecule has 0 bridgehead atoms. The molecule has 10 heteroatoms. The van der Waals surface area contributed by atoms with E-state index < -0.39 is 17.6 Å². The van der Waals surface area contributed by atoms with Gasteiger partial charge in [-0.15, -0.1) is 0 Å². The van der Waals surface area contributed by atoms with Gasteiger partial charge in [0.2, 0.25) is 0 Å². The van der Waals surface area contributed by atoms with Gasteiger partial charge in [-0.3, -0.25) is 24.6 Å². The summed E-state index contributed by atoms with van der Waals surface area (Å²) in [6.45, 7) is 1.72. The second-order valence-electron chi connectivity index (χ2n) is 6.72. The number of furan rings is 1. The lowest BCUT2D eigenvalue weighted by atomic mass is 10.1. The number of piperazine rings is 1. The maximum atomic E-state index is 13.2. The van der Waals surface area contributed by atoms with Crippen LogP contribution in [0.2, 0.25) is 0 Å². The van der Waals surface area contributed by atoms with Gasteiger partial charge in [0, 0.05) is 32.4 Å². The highest BCUT2D eigenvalue weighted by atomic mass is 32.1. The first-order valence-corrected chi connectivity index (χ1v) is 9.59. The smallest absolute Gasteiger partial charge is 0.289 e. The van der Waals surface area contributed by atoms with E-state index in [-0.39, 0.29) is 22.4 Å². The zero-order valence-electron chi connectivity index (χ0n) is 15.7. The maximum Gasteiger partial charge on any atom is 0.289 e. The van der Waals surface area contributed by atoms with Crippen LogP contribution >= 0.6 is 12.2 Å². The normalized spacial score (nSPS) is 18.8. The number of benzene rings is 1. The molecule has 154 valence electrons. The minimum Gasteiger partial charge on any atom is -0.459 e. The molecule has 2 fully saturated rings. The lowest BCUT2D eigenvalue weighted by Crippen LogP contribution is -2.55. The molecule has 0 radical (unpaired) electrons. The molecule has 0 aliphatic carbocycles. The van der Waals surface area contributed by atoms with Crippen molar-refractivity contribution in [3.8, 4) is 0 Å². The first-order valence-electron chi connectivity index (χ1n) is 9.18. The van der Waals surface area contributed by atoms with Crippen molar-refractivity contribution in [2.45, 2.75) is 0 Å². The molecule has 1 aromatic heterocycles. The van der Waals surface area contributed by atoms with Gasteiger partial charge in [0.1, 0.15) is 11.4 Å². The number of carbonyl (C=O) groups excluding carboxylic acids is 3. The van der Waals surface area contributed by atoms with Crippen LogP contribution in [0.4, 0.5) is 10.1 Å². The standard InChI is InChI=1S/C20H17FN4O4S/c21-13-3-5-14(6-4-13)25-18(27)15(17(26)22-20(25)30)12-23-7-9-24(10-8-23)19(28)16-2-1-11-29-16/h1-6,11-12H,7-10H2,(H,22,26,30)/b15-12+. The highest BCUT2D eigenvalue weighted by molar-refractivity contribution is 7.80. The minimum absolute atomic E-state index is 0.0670. The Morgan fingerprint density at radius 3 is 2.43 bits per heavy atom. The Balaban J connectivity index is 1.48. The summed E-state index contributed by atoms with van der Waals surface area (Å²) in [4.78, 5) is 42.3. The van der Waals surface area contributed by atoms with Crippen molar-refractivity contribution in [1.82, 2.24) is 15.1 Å². The Morgan fingerprint density at radius 1 is 1.10 bits per heavy atom. The topological polar surface area (TPSA) is 86.1 Å². The first kappa shape index (κ1) is 19.8. The average molecular weight is 428 g/mol. The number of hydrogen-bond donors (Lipinski definition) is 1. The molecule has 0 spiro atoms. The summed E-state index contributed by atoms with van der Waals surface area (Å²) < 4.78 is 18.4. The Kier molecular flexibility index (Phi) is 5.32. The summed E-state index contributed by atoms with van der Waals surface area (Å²) in [6.07, 6.45) is 2.92. The Hall–Kier alpha value is -3.53. The van der Waals surface area contributed by atoms with Gasteiger partial charge in [0.15, 0.2) is 10.9 Å². The van der Waals surface area contributed by atoms with Crippen molar-refractivity contribution in [2.24, 2.45) is 0 Å². The van der Waals surface area contributed by atoms with E-state index in [2.05, 4.69) is 5.32 Å². The maximum absolute atomic E-state index is 13.2. The van der Waals surface area contributed by atoms with Crippen LogP contribution in [0.5, 0.6) is 0 Å². The zero-order valence-corrected chi connectivity index (χ0v) is 16.5. The van der Waals surface area contributed by atoms with Gasteiger partial charge >= 0.3 is 0 Å². The van der Waals surface area contributed by atoms with Gasteiger partial charge in [-0.25, -0.2) is 4.39 Å². The van der Waals surface area contributed by atoms with Crippen LogP contribution in [0, 0.1) is 5.82 Å². The van der Waals surface area contributed by atoms with Gasteiger partial charge in [0.25, 0.3) is 17.7 Å². The molecule has 8 nitrogen and oxygen atoms in total. The van der Waals surface area contributed by atoms with Crippen LogP contribution in [-0.4, -0.2) is 58.8 Å². The molecule has 2 saturated heterocycles. The van der Waals surface area contributed by atoms with Crippen LogP contribution in [0.3, 0.4) is 0 Å². The molecule has 2 aromatic rings. The molecular formula is C20H17FN4O4S. The summed E-state index contributed by atoms with van der Waals surface area (Å²) in [7, 11) is 0. The van der Waals surface area contributed by atoms with Crippen LogP contribution in [0.15, 0.2) is 58.9 Å². The Labute approximate surface area is 176 Å². The Morgan fingerprint density at radius 2 is 1.80 bits per heavy atom. The fourth-order valence-electron chi connectivity index (χ4n) is 3.26. The molecule has 3 heterocycles. The van der Waals surface area contributed by atoms with E-state index in [1.54, 1.807) is 21.9 Å². The molecule has 2 aliphatic rings. The third-order valence-corrected chi connectivity index (χ3v) is 5.12. The summed E-state index contributed by atoms with van der Waals surface area (Å²) in [5, 5.41) is 2.42. The number of thiocarbonyl (C=S) groups is 1. The van der Waals surface area contributed by atoms with Crippen molar-refractivity contribution in [1.29, 1.82) is 0 Å². The lowest BCUT2D eigenvalue weighted by Gasteiger charge is -2.35. The van der Waals surface area contributed by atoms with Crippen molar-refractivity contribution in [2.75, 3.05) is 31.1 Å². The van der Waals surface area contributed by atoms with Crippen LogP contribution in [0.1, 0.15) is 10.6 Å². The van der Waals surface area contributed by atoms with E-state index in [9.17, 15) is 18.8 Å². The van der Waals surface area contributed by atoms with Gasteiger partial charge in [0.05, 0.1) is 12.0 Å². The number of nitrogens with zero attached hydrogens (tertiary/aromatic N) is 3. The van der Waals surface area contributed by atoms with E-state index in [4.69, 9.17) is 16.6 Å². The molecule has 0 atom stereocenters. The highest BCUT2D eigenvalue weighted by Crippen LogP contribution is 2.21. The lowest BCUT2D eigenvalue weighted by molar-refractivity contribution is -0.122. The quantitative estimate of drug-likeness (QED) is 0.453. The van der Waals surface area contributed by atoms with E-state index in [1.807, 2.05) is 0 Å². The predicted octanol–water partition coefficient (Wildman–Crippen LogP) is 1.51. The number of anilines is 1. The number of amides is 3. The van der Waals surface area contributed by atoms with Crippen molar-refractivity contribution in [3.05, 3.63) is 66.0 Å². The summed E-state index contributed by atoms with van der Waals surface area (Å²) in [5.41, 5.74) is 0.268. The van der Waals surface area contributed by atoms with Gasteiger partial charge < -0.3 is 14.2 Å². The zero-order chi connectivity index (χ0) is 21.3. The van der Waals surface area contributed by atoms with E-state index in [0.717, 1.165) is 4.90 Å². The fraction of sp³-hybridized carbons (Fsp3) is 0.200. The number of rotatable bonds is 3. The third kappa shape index (κ3) is 3.81. The summed E-state index contributed by atoms with van der Waals surface area (Å²) >= 11 is 5.12. The predicted molar refractivity (Wildman–Crippen MR) is 109 cm³/mol. The van der Waals surface area contributed by atoms with E-state index >= 15 is 0 Å². The molecule has 0 saturated carbocycles. The largest absolute Gasteiger partial charge is 0.459 e. The number of nitrogens with one attached hydrogen (secondary N) is 1. The molecule has 3 amide bonds. The third-order valence-electron chi connectivity index (χ3n) is 4.83. The first-order chi connectivity index (χ1) is 14.4. The monoisotopic (exact) mass is 428 g/mol. The molecular weight excluding hydrogens is 411 g/mol. The molecule has 30 heavy (non-hydrogen) atoms. The van der Waals surface area contributed by atoms with E-state index in [0.29, 0.717) is 31.9 Å². The van der Waals surface area contributed by atoms with Gasteiger partial charge in [-0.1, -0.05) is 0 Å². The van der Waals surface area contributed by atoms with Gasteiger partial charge in [-0.2, -0.15) is 0 Å². The molecule has 0 unspecified atom stereocenters. The Bertz CT molecular complexity index is 1030. The second-order valence-corrected chi connectivity index (χ2v) is 7.11. The van der Waals surface area contributed by atoms with Crippen molar-refractivity contribution >= 4 is 40.7 Å². The van der Waals surface area contributed by atoms with Gasteiger partial charge in [-0.05, 0) is 48.6 Å². The molecule has 4 rings (SSSR count). The van der Waals surface area contributed by atoms with E-state index in [1.165, 1.54) is 36.7 Å². The molecule has 1 N–H and O–H groups in total. The molecule has 1 aromatic carbocycles. The second kappa shape index (κ2) is 8.07. The SMILES string of the molecule is O=C1NC(=S)N(c2ccc(F)cc2)C(=O)/C1=C/N1CCN(C(=O)c2ccco2)CC1. The number of carbonyl (C=O) groups is 3. The average Bonchev–Trinajstić information content (AvgIpc) is 3.27. The van der Waals surface area contributed by atoms with Crippen LogP contribution < -0.4 is 10.2 Å². The van der Waals surface area contributed by atoms with Crippen LogP contribution in [0.25, 0.3) is 0 Å². The summed E-state index contributed by atoms with van der Waals surface area (Å²) in [6, 6.07) is 8.50. The van der Waals surface area contributed by atoms with Crippen LogP contribution in [-0.2, 0) is 9.59 Å². The summed E-state index contributed by atoms with van der Waals surface area (Å²) in [5.74, 6) is -1.57. The molecule has 2 aliphatic heterocycles. The van der Waals surface area contributed by atoms with Crippen molar-refractivity contribution in [3.63, 3.8) is 0 Å². The number of hydrogen-bond acceptors (Lipinski definition) is 6. The van der Waals surface area contributed by atoms with Crippen molar-refractivity contribution < 1.29 is 23.2 Å². The fourth-order valence-corrected chi connectivity index (χ4v) is 3.54. The minimum atomic E-state index is -0.600.